The number of nitrogens with one attached hydrogen (secondary N) is 1. The Kier molecular flexibility index (Phi) is 7.18. The molecule has 3 aromatic rings. The number of benzene rings is 3. The van der Waals surface area contributed by atoms with E-state index in [-0.39, 0.29) is 37.0 Å². The molecule has 1 atom stereocenters. The summed E-state index contributed by atoms with van der Waals surface area (Å²) in [5, 5.41) is 2.79. The first-order valence-electron chi connectivity index (χ1n) is 12.4. The van der Waals surface area contributed by atoms with Crippen LogP contribution in [0.3, 0.4) is 0 Å². The van der Waals surface area contributed by atoms with Gasteiger partial charge < -0.3 is 19.5 Å². The van der Waals surface area contributed by atoms with E-state index >= 15 is 0 Å². The summed E-state index contributed by atoms with van der Waals surface area (Å²) in [5.41, 5.74) is 2.44. The Morgan fingerprint density at radius 3 is 2.51 bits per heavy atom. The van der Waals surface area contributed by atoms with E-state index in [0.717, 1.165) is 24.8 Å². The Bertz CT molecular complexity index is 1310. The third-order valence-corrected chi connectivity index (χ3v) is 6.40. The zero-order chi connectivity index (χ0) is 25.8. The Labute approximate surface area is 215 Å². The first-order chi connectivity index (χ1) is 18.0. The lowest BCUT2D eigenvalue weighted by Gasteiger charge is -2.17. The molecule has 37 heavy (non-hydrogen) atoms. The van der Waals surface area contributed by atoms with Crippen molar-refractivity contribution in [2.75, 3.05) is 25.1 Å². The Morgan fingerprint density at radius 2 is 1.76 bits per heavy atom. The molecule has 2 aliphatic heterocycles. The van der Waals surface area contributed by atoms with Gasteiger partial charge in [-0.25, -0.2) is 0 Å². The van der Waals surface area contributed by atoms with Crippen LogP contribution in [0.1, 0.15) is 46.0 Å². The molecule has 2 heterocycles. The van der Waals surface area contributed by atoms with Crippen LogP contribution in [0.5, 0.6) is 17.2 Å². The molecule has 190 valence electrons. The maximum atomic E-state index is 12.9. The molecule has 0 spiro atoms. The number of imide groups is 1. The van der Waals surface area contributed by atoms with Gasteiger partial charge >= 0.3 is 0 Å². The van der Waals surface area contributed by atoms with Crippen molar-refractivity contribution in [3.05, 3.63) is 83.4 Å². The van der Waals surface area contributed by atoms with Gasteiger partial charge in [0.1, 0.15) is 17.2 Å². The lowest BCUT2D eigenvalue weighted by molar-refractivity contribution is -0.118. The van der Waals surface area contributed by atoms with Crippen LogP contribution in [0, 0.1) is 0 Å². The highest BCUT2D eigenvalue weighted by Gasteiger charge is 2.37. The topological polar surface area (TPSA) is 94.2 Å². The van der Waals surface area contributed by atoms with Gasteiger partial charge in [0.15, 0.2) is 6.61 Å². The molecule has 1 N–H and O–H groups in total. The number of aryl methyl sites for hydroxylation is 1. The molecule has 1 saturated heterocycles. The molecule has 0 bridgehead atoms. The summed E-state index contributed by atoms with van der Waals surface area (Å²) in [6.45, 7) is 2.89. The van der Waals surface area contributed by atoms with Crippen LogP contribution in [0.2, 0.25) is 0 Å². The number of hydrogen-bond acceptors (Lipinski definition) is 6. The van der Waals surface area contributed by atoms with Crippen molar-refractivity contribution in [3.63, 3.8) is 0 Å². The summed E-state index contributed by atoms with van der Waals surface area (Å²) >= 11 is 0. The van der Waals surface area contributed by atoms with E-state index in [4.69, 9.17) is 14.2 Å². The van der Waals surface area contributed by atoms with Gasteiger partial charge in [0.2, 0.25) is 0 Å². The van der Waals surface area contributed by atoms with Crippen LogP contribution in [0.15, 0.2) is 66.7 Å². The van der Waals surface area contributed by atoms with Crippen LogP contribution in [-0.2, 0) is 16.0 Å². The lowest BCUT2D eigenvalue weighted by Crippen LogP contribution is -2.36. The highest BCUT2D eigenvalue weighted by molar-refractivity contribution is 6.21. The average Bonchev–Trinajstić information content (AvgIpc) is 3.52. The number of carbonyl (C=O) groups excluding carboxylic acids is 3. The first kappa shape index (κ1) is 24.5. The Hall–Kier alpha value is -4.17. The first-order valence-corrected chi connectivity index (χ1v) is 12.4. The molecule has 0 radical (unpaired) electrons. The minimum absolute atomic E-state index is 0.100. The molecule has 5 rings (SSSR count). The zero-order valence-corrected chi connectivity index (χ0v) is 20.6. The number of hydrogen-bond donors (Lipinski definition) is 1. The molecule has 1 fully saturated rings. The number of ether oxygens (including phenoxy) is 3. The normalized spacial score (nSPS) is 16.6. The van der Waals surface area contributed by atoms with Crippen molar-refractivity contribution in [2.24, 2.45) is 0 Å². The molecule has 2 aliphatic rings. The monoisotopic (exact) mass is 500 g/mol. The predicted octanol–water partition coefficient (Wildman–Crippen LogP) is 4.83. The molecular weight excluding hydrogens is 472 g/mol. The summed E-state index contributed by atoms with van der Waals surface area (Å²) in [6.07, 6.45) is 2.58. The summed E-state index contributed by atoms with van der Waals surface area (Å²) < 4.78 is 17.1. The summed E-state index contributed by atoms with van der Waals surface area (Å²) in [7, 11) is 0. The largest absolute Gasteiger partial charge is 0.484 e. The van der Waals surface area contributed by atoms with Crippen molar-refractivity contribution in [1.82, 2.24) is 4.90 Å². The van der Waals surface area contributed by atoms with Gasteiger partial charge in [0, 0.05) is 12.3 Å². The second-order valence-corrected chi connectivity index (χ2v) is 9.03. The van der Waals surface area contributed by atoms with Gasteiger partial charge in [-0.1, -0.05) is 19.1 Å². The van der Waals surface area contributed by atoms with Gasteiger partial charge in [-0.3, -0.25) is 19.3 Å². The van der Waals surface area contributed by atoms with Gasteiger partial charge in [-0.05, 0) is 79.4 Å². The molecular formula is C29H28N2O6. The van der Waals surface area contributed by atoms with E-state index in [2.05, 4.69) is 12.2 Å². The quantitative estimate of drug-likeness (QED) is 0.423. The van der Waals surface area contributed by atoms with Crippen LogP contribution < -0.4 is 14.8 Å². The van der Waals surface area contributed by atoms with Gasteiger partial charge in [0.25, 0.3) is 17.7 Å². The van der Waals surface area contributed by atoms with Gasteiger partial charge in [-0.2, -0.15) is 0 Å². The van der Waals surface area contributed by atoms with Crippen LogP contribution in [0.25, 0.3) is 0 Å². The van der Waals surface area contributed by atoms with Crippen LogP contribution in [-0.4, -0.2) is 48.5 Å². The smallest absolute Gasteiger partial charge is 0.262 e. The molecule has 0 saturated carbocycles. The SMILES string of the molecule is CCc1cccc(OCC(=O)Nc2ccc(Oc3ccc4c(c3)C(=O)N(CC3CCCO3)C4=O)cc2)c1. The molecule has 3 aromatic carbocycles. The second kappa shape index (κ2) is 10.8. The van der Waals surface area contributed by atoms with E-state index in [9.17, 15) is 14.4 Å². The number of rotatable bonds is 9. The van der Waals surface area contributed by atoms with Crippen molar-refractivity contribution >= 4 is 23.4 Å². The maximum Gasteiger partial charge on any atom is 0.262 e. The molecule has 3 amide bonds. The maximum absolute atomic E-state index is 12.9. The third-order valence-electron chi connectivity index (χ3n) is 6.40. The molecule has 0 aromatic heterocycles. The standard InChI is InChI=1S/C29H28N2O6/c1-2-19-5-3-6-22(15-19)36-18-27(32)30-20-8-10-21(11-9-20)37-23-12-13-25-26(16-23)29(34)31(28(25)33)17-24-7-4-14-35-24/h3,5-6,8-13,15-16,24H,2,4,7,14,17-18H2,1H3,(H,30,32). The summed E-state index contributed by atoms with van der Waals surface area (Å²) in [5.74, 6) is 0.719. The summed E-state index contributed by atoms with van der Waals surface area (Å²) in [6, 6.07) is 19.4. The summed E-state index contributed by atoms with van der Waals surface area (Å²) in [4.78, 5) is 39.1. The van der Waals surface area contributed by atoms with E-state index in [0.29, 0.717) is 40.7 Å². The van der Waals surface area contributed by atoms with Crippen molar-refractivity contribution < 1.29 is 28.6 Å². The van der Waals surface area contributed by atoms with Crippen LogP contribution >= 0.6 is 0 Å². The number of nitrogens with zero attached hydrogens (tertiary/aromatic N) is 1. The molecule has 8 heteroatoms. The highest BCUT2D eigenvalue weighted by Crippen LogP contribution is 2.31. The van der Waals surface area contributed by atoms with Gasteiger partial charge in [-0.15, -0.1) is 0 Å². The molecule has 1 unspecified atom stereocenters. The third kappa shape index (κ3) is 5.65. The van der Waals surface area contributed by atoms with Gasteiger partial charge in [0.05, 0.1) is 23.8 Å². The fourth-order valence-electron chi connectivity index (χ4n) is 4.43. The zero-order valence-electron chi connectivity index (χ0n) is 20.6. The fraction of sp³-hybridized carbons (Fsp3) is 0.276. The average molecular weight is 501 g/mol. The highest BCUT2D eigenvalue weighted by atomic mass is 16.5. The van der Waals surface area contributed by atoms with E-state index < -0.39 is 0 Å². The number of anilines is 1. The fourth-order valence-corrected chi connectivity index (χ4v) is 4.43. The minimum atomic E-state index is -0.331. The number of fused-ring (bicyclic) bond motifs is 1. The second-order valence-electron chi connectivity index (χ2n) is 9.03. The minimum Gasteiger partial charge on any atom is -0.484 e. The van der Waals surface area contributed by atoms with Crippen molar-refractivity contribution in [2.45, 2.75) is 32.3 Å². The van der Waals surface area contributed by atoms with E-state index in [1.807, 2.05) is 24.3 Å². The number of carbonyl (C=O) groups is 3. The van der Waals surface area contributed by atoms with Crippen LogP contribution in [0.4, 0.5) is 5.69 Å². The van der Waals surface area contributed by atoms with Crippen molar-refractivity contribution in [1.29, 1.82) is 0 Å². The molecule has 0 aliphatic carbocycles. The van der Waals surface area contributed by atoms with E-state index in [1.165, 1.54) is 4.90 Å². The Morgan fingerprint density at radius 1 is 0.973 bits per heavy atom. The van der Waals surface area contributed by atoms with Crippen molar-refractivity contribution in [3.8, 4) is 17.2 Å². The number of amides is 3. The Balaban J connectivity index is 1.16. The predicted molar refractivity (Wildman–Crippen MR) is 137 cm³/mol. The lowest BCUT2D eigenvalue weighted by atomic mass is 10.1. The molecule has 8 nitrogen and oxygen atoms in total. The van der Waals surface area contributed by atoms with E-state index in [1.54, 1.807) is 42.5 Å².